The zero-order valence-electron chi connectivity index (χ0n) is 15.5. The number of ether oxygens (including phenoxy) is 1. The number of nitrogens with one attached hydrogen (secondary N) is 3. The Balaban J connectivity index is 2.31. The summed E-state index contributed by atoms with van der Waals surface area (Å²) in [5.41, 5.74) is 0.443. The van der Waals surface area contributed by atoms with E-state index < -0.39 is 11.7 Å². The Kier molecular flexibility index (Phi) is 8.74. The molecule has 25 heavy (non-hydrogen) atoms. The normalized spacial score (nSPS) is 11.8. The van der Waals surface area contributed by atoms with Crippen molar-refractivity contribution >= 4 is 12.1 Å². The van der Waals surface area contributed by atoms with Gasteiger partial charge in [-0.1, -0.05) is 12.1 Å². The molecule has 0 heterocycles. The van der Waals surface area contributed by atoms with Crippen molar-refractivity contribution < 1.29 is 13.9 Å². The summed E-state index contributed by atoms with van der Waals surface area (Å²) in [6.45, 7) is 9.85. The van der Waals surface area contributed by atoms with Crippen molar-refractivity contribution in [1.29, 1.82) is 0 Å². The van der Waals surface area contributed by atoms with Gasteiger partial charge in [0.05, 0.1) is 6.54 Å². The molecular formula is C18H29FN4O2. The van der Waals surface area contributed by atoms with Crippen molar-refractivity contribution in [2.24, 2.45) is 4.99 Å². The number of hydrogen-bond acceptors (Lipinski definition) is 3. The summed E-state index contributed by atoms with van der Waals surface area (Å²) in [6, 6.07) is 6.28. The molecule has 7 heteroatoms. The monoisotopic (exact) mass is 352 g/mol. The van der Waals surface area contributed by atoms with Crippen LogP contribution in [-0.4, -0.2) is 37.3 Å². The standard InChI is InChI=1S/C18H29FN4O2/c1-5-20-16(23-13-14-7-9-15(19)10-8-14)21-11-6-12-22-17(24)25-18(2,3)4/h7-10H,5-6,11-13H2,1-4H3,(H,22,24)(H2,20,21,23). The van der Waals surface area contributed by atoms with Crippen LogP contribution in [0.1, 0.15) is 39.7 Å². The van der Waals surface area contributed by atoms with Gasteiger partial charge < -0.3 is 20.7 Å². The molecule has 1 rings (SSSR count). The molecule has 3 N–H and O–H groups in total. The van der Waals surface area contributed by atoms with Crippen LogP contribution in [0.25, 0.3) is 0 Å². The predicted octanol–water partition coefficient (Wildman–Crippen LogP) is 2.80. The van der Waals surface area contributed by atoms with Crippen LogP contribution in [-0.2, 0) is 11.3 Å². The van der Waals surface area contributed by atoms with Crippen LogP contribution in [0.2, 0.25) is 0 Å². The SMILES string of the molecule is CCNC(=NCc1ccc(F)cc1)NCCCNC(=O)OC(C)(C)C. The number of amides is 1. The summed E-state index contributed by atoms with van der Waals surface area (Å²) in [5, 5.41) is 9.06. The van der Waals surface area contributed by atoms with Gasteiger partial charge in [-0.25, -0.2) is 14.2 Å². The second-order valence-electron chi connectivity index (χ2n) is 6.53. The first kappa shape index (κ1) is 20.7. The van der Waals surface area contributed by atoms with Gasteiger partial charge in [-0.2, -0.15) is 0 Å². The molecule has 6 nitrogen and oxygen atoms in total. The van der Waals surface area contributed by atoms with Crippen LogP contribution in [0.15, 0.2) is 29.3 Å². The Morgan fingerprint density at radius 2 is 1.76 bits per heavy atom. The molecule has 0 aliphatic rings. The van der Waals surface area contributed by atoms with E-state index in [1.165, 1.54) is 12.1 Å². The van der Waals surface area contributed by atoms with Gasteiger partial charge in [0, 0.05) is 19.6 Å². The third kappa shape index (κ3) is 10.2. The molecule has 0 spiro atoms. The van der Waals surface area contributed by atoms with Gasteiger partial charge in [0.2, 0.25) is 0 Å². The third-order valence-electron chi connectivity index (χ3n) is 2.99. The third-order valence-corrected chi connectivity index (χ3v) is 2.99. The molecule has 0 fully saturated rings. The lowest BCUT2D eigenvalue weighted by molar-refractivity contribution is 0.0527. The maximum atomic E-state index is 12.9. The molecule has 1 amide bonds. The van der Waals surface area contributed by atoms with Gasteiger partial charge in [0.25, 0.3) is 0 Å². The minimum atomic E-state index is -0.492. The van der Waals surface area contributed by atoms with Crippen molar-refractivity contribution in [3.63, 3.8) is 0 Å². The maximum Gasteiger partial charge on any atom is 0.407 e. The number of carbonyl (C=O) groups excluding carboxylic acids is 1. The Hall–Kier alpha value is -2.31. The van der Waals surface area contributed by atoms with Gasteiger partial charge in [0.1, 0.15) is 11.4 Å². The molecule has 0 aromatic heterocycles. The fourth-order valence-corrected chi connectivity index (χ4v) is 1.90. The molecule has 0 aliphatic heterocycles. The summed E-state index contributed by atoms with van der Waals surface area (Å²) in [7, 11) is 0. The van der Waals surface area contributed by atoms with Crippen molar-refractivity contribution in [2.75, 3.05) is 19.6 Å². The summed E-state index contributed by atoms with van der Waals surface area (Å²) >= 11 is 0. The highest BCUT2D eigenvalue weighted by molar-refractivity contribution is 5.79. The van der Waals surface area contributed by atoms with Gasteiger partial charge in [-0.15, -0.1) is 0 Å². The second-order valence-corrected chi connectivity index (χ2v) is 6.53. The number of alkyl carbamates (subject to hydrolysis) is 1. The molecule has 0 aliphatic carbocycles. The molecule has 0 saturated carbocycles. The van der Waals surface area contributed by atoms with Crippen molar-refractivity contribution in [1.82, 2.24) is 16.0 Å². The Morgan fingerprint density at radius 1 is 1.12 bits per heavy atom. The van der Waals surface area contributed by atoms with Crippen molar-refractivity contribution in [3.8, 4) is 0 Å². The van der Waals surface area contributed by atoms with E-state index in [2.05, 4.69) is 20.9 Å². The summed E-state index contributed by atoms with van der Waals surface area (Å²) < 4.78 is 18.1. The van der Waals surface area contributed by atoms with E-state index >= 15 is 0 Å². The van der Waals surface area contributed by atoms with Crippen LogP contribution >= 0.6 is 0 Å². The predicted molar refractivity (Wildman–Crippen MR) is 98.1 cm³/mol. The van der Waals surface area contributed by atoms with E-state index in [0.29, 0.717) is 25.6 Å². The van der Waals surface area contributed by atoms with E-state index in [-0.39, 0.29) is 5.82 Å². The molecule has 1 aromatic carbocycles. The molecule has 0 unspecified atom stereocenters. The van der Waals surface area contributed by atoms with Crippen LogP contribution in [0.3, 0.4) is 0 Å². The molecule has 0 atom stereocenters. The molecular weight excluding hydrogens is 323 g/mol. The highest BCUT2D eigenvalue weighted by atomic mass is 19.1. The summed E-state index contributed by atoms with van der Waals surface area (Å²) in [4.78, 5) is 16.0. The van der Waals surface area contributed by atoms with Gasteiger partial charge in [0.15, 0.2) is 5.96 Å². The van der Waals surface area contributed by atoms with Crippen LogP contribution in [0, 0.1) is 5.82 Å². The Bertz CT molecular complexity index is 553. The average molecular weight is 352 g/mol. The van der Waals surface area contributed by atoms with E-state index in [0.717, 1.165) is 18.5 Å². The second kappa shape index (κ2) is 10.5. The van der Waals surface area contributed by atoms with Gasteiger partial charge >= 0.3 is 6.09 Å². The maximum absolute atomic E-state index is 12.9. The van der Waals surface area contributed by atoms with Crippen LogP contribution in [0.4, 0.5) is 9.18 Å². The fourth-order valence-electron chi connectivity index (χ4n) is 1.90. The van der Waals surface area contributed by atoms with E-state index in [9.17, 15) is 9.18 Å². The zero-order chi connectivity index (χ0) is 18.7. The lowest BCUT2D eigenvalue weighted by Crippen LogP contribution is -2.39. The quantitative estimate of drug-likeness (QED) is 0.401. The number of guanidine groups is 1. The lowest BCUT2D eigenvalue weighted by atomic mass is 10.2. The number of carbonyl (C=O) groups is 1. The first-order chi connectivity index (χ1) is 11.8. The number of aliphatic imine (C=N–C) groups is 1. The molecule has 140 valence electrons. The lowest BCUT2D eigenvalue weighted by Gasteiger charge is -2.19. The number of nitrogens with zero attached hydrogens (tertiary/aromatic N) is 1. The Labute approximate surface area is 149 Å². The topological polar surface area (TPSA) is 74.8 Å². The first-order valence-corrected chi connectivity index (χ1v) is 8.53. The minimum absolute atomic E-state index is 0.254. The average Bonchev–Trinajstić information content (AvgIpc) is 2.52. The first-order valence-electron chi connectivity index (χ1n) is 8.53. The van der Waals surface area contributed by atoms with Crippen LogP contribution < -0.4 is 16.0 Å². The number of benzene rings is 1. The number of halogens is 1. The molecule has 0 saturated heterocycles. The van der Waals surface area contributed by atoms with E-state index in [1.54, 1.807) is 12.1 Å². The highest BCUT2D eigenvalue weighted by Crippen LogP contribution is 2.06. The fraction of sp³-hybridized carbons (Fsp3) is 0.556. The number of hydrogen-bond donors (Lipinski definition) is 3. The van der Waals surface area contributed by atoms with Crippen molar-refractivity contribution in [2.45, 2.75) is 46.3 Å². The largest absolute Gasteiger partial charge is 0.444 e. The molecule has 0 radical (unpaired) electrons. The Morgan fingerprint density at radius 3 is 2.36 bits per heavy atom. The zero-order valence-corrected chi connectivity index (χ0v) is 15.5. The van der Waals surface area contributed by atoms with Crippen molar-refractivity contribution in [3.05, 3.63) is 35.6 Å². The van der Waals surface area contributed by atoms with Gasteiger partial charge in [-0.05, 0) is 51.8 Å². The molecule has 1 aromatic rings. The minimum Gasteiger partial charge on any atom is -0.444 e. The smallest absolute Gasteiger partial charge is 0.407 e. The molecule has 0 bridgehead atoms. The van der Waals surface area contributed by atoms with Crippen LogP contribution in [0.5, 0.6) is 0 Å². The van der Waals surface area contributed by atoms with E-state index in [4.69, 9.17) is 4.74 Å². The summed E-state index contributed by atoms with van der Waals surface area (Å²) in [5.74, 6) is 0.430. The van der Waals surface area contributed by atoms with E-state index in [1.807, 2.05) is 27.7 Å². The number of rotatable bonds is 7. The highest BCUT2D eigenvalue weighted by Gasteiger charge is 2.15. The summed E-state index contributed by atoms with van der Waals surface area (Å²) in [6.07, 6.45) is 0.324. The van der Waals surface area contributed by atoms with Gasteiger partial charge in [-0.3, -0.25) is 0 Å².